The van der Waals surface area contributed by atoms with Crippen LogP contribution in [-0.2, 0) is 19.2 Å². The van der Waals surface area contributed by atoms with Crippen LogP contribution in [0.1, 0.15) is 12.8 Å². The number of hydrogen-bond donors (Lipinski definition) is 1. The van der Waals surface area contributed by atoms with Crippen LogP contribution < -0.4 is 5.73 Å². The number of imide groups is 1. The second-order valence-electron chi connectivity index (χ2n) is 2.37. The zero-order valence-electron chi connectivity index (χ0n) is 6.88. The molecule has 0 fully saturated rings. The lowest BCUT2D eigenvalue weighted by Crippen LogP contribution is -2.35. The Labute approximate surface area is 74.7 Å². The van der Waals surface area contributed by atoms with Gasteiger partial charge in [-0.05, 0) is 6.42 Å². The van der Waals surface area contributed by atoms with Crippen LogP contribution in [0.5, 0.6) is 0 Å². The normalized spacial score (nSPS) is 11.4. The predicted molar refractivity (Wildman–Crippen MR) is 42.2 cm³/mol. The summed E-state index contributed by atoms with van der Waals surface area (Å²) in [6.07, 6.45) is 0.907. The van der Waals surface area contributed by atoms with E-state index in [0.29, 0.717) is 11.2 Å². The minimum Gasteiger partial charge on any atom is -0.370 e. The van der Waals surface area contributed by atoms with Crippen LogP contribution in [0, 0.1) is 0 Å². The maximum atomic E-state index is 10.4. The molecule has 13 heavy (non-hydrogen) atoms. The van der Waals surface area contributed by atoms with Gasteiger partial charge < -0.3 is 10.5 Å². The number of nitrogens with two attached hydrogens (primary N) is 1. The van der Waals surface area contributed by atoms with Gasteiger partial charge in [0.15, 0.2) is 0 Å². The number of carbonyl (C=O) groups is 4. The molecule has 6 heteroatoms. The summed E-state index contributed by atoms with van der Waals surface area (Å²) in [6, 6.07) is -0.900. The van der Waals surface area contributed by atoms with Crippen molar-refractivity contribution in [2.45, 2.75) is 18.9 Å². The smallest absolute Gasteiger partial charge is 0.217 e. The van der Waals surface area contributed by atoms with Gasteiger partial charge in [0.1, 0.15) is 6.29 Å². The molecule has 0 aliphatic heterocycles. The molecule has 0 saturated heterocycles. The van der Waals surface area contributed by atoms with E-state index in [1.807, 2.05) is 0 Å². The van der Waals surface area contributed by atoms with Gasteiger partial charge in [0, 0.05) is 6.42 Å². The molecule has 0 aliphatic carbocycles. The highest BCUT2D eigenvalue weighted by atomic mass is 16.2. The number of nitrogens with zero attached hydrogens (tertiary/aromatic N) is 1. The van der Waals surface area contributed by atoms with E-state index >= 15 is 0 Å². The zero-order valence-corrected chi connectivity index (χ0v) is 6.88. The SMILES string of the molecule is NC(=O)CCC(C=O)N(C=O)C=O. The van der Waals surface area contributed by atoms with E-state index in [9.17, 15) is 19.2 Å². The van der Waals surface area contributed by atoms with Crippen molar-refractivity contribution in [1.29, 1.82) is 0 Å². The van der Waals surface area contributed by atoms with Crippen molar-refractivity contribution in [2.24, 2.45) is 5.73 Å². The van der Waals surface area contributed by atoms with Crippen LogP contribution in [0.3, 0.4) is 0 Å². The third kappa shape index (κ3) is 4.00. The van der Waals surface area contributed by atoms with Gasteiger partial charge in [-0.2, -0.15) is 0 Å². The summed E-state index contributed by atoms with van der Waals surface area (Å²) in [6.45, 7) is 0. The number of rotatable bonds is 7. The van der Waals surface area contributed by atoms with Gasteiger partial charge in [0.2, 0.25) is 18.7 Å². The molecular formula is C7H10N2O4. The Morgan fingerprint density at radius 2 is 1.85 bits per heavy atom. The van der Waals surface area contributed by atoms with Crippen LogP contribution in [0.15, 0.2) is 0 Å². The molecule has 0 heterocycles. The van der Waals surface area contributed by atoms with Crippen molar-refractivity contribution in [3.63, 3.8) is 0 Å². The van der Waals surface area contributed by atoms with Crippen molar-refractivity contribution in [3.05, 3.63) is 0 Å². The van der Waals surface area contributed by atoms with Crippen LogP contribution in [-0.4, -0.2) is 36.0 Å². The molecule has 0 bridgehead atoms. The fraction of sp³-hybridized carbons (Fsp3) is 0.429. The Kier molecular flexibility index (Phi) is 5.09. The van der Waals surface area contributed by atoms with Crippen LogP contribution in [0.25, 0.3) is 0 Å². The molecule has 0 rings (SSSR count). The minimum atomic E-state index is -0.900. The molecule has 2 N–H and O–H groups in total. The van der Waals surface area contributed by atoms with Crippen LogP contribution in [0.4, 0.5) is 0 Å². The molecule has 0 radical (unpaired) electrons. The molecule has 1 unspecified atom stereocenters. The molecule has 0 aliphatic rings. The van der Waals surface area contributed by atoms with E-state index in [-0.39, 0.29) is 25.7 Å². The molecule has 0 aromatic carbocycles. The Balaban J connectivity index is 4.14. The molecule has 0 saturated carbocycles. The molecular weight excluding hydrogens is 176 g/mol. The molecule has 3 amide bonds. The summed E-state index contributed by atoms with van der Waals surface area (Å²) in [4.78, 5) is 41.7. The number of aldehydes is 1. The van der Waals surface area contributed by atoms with Gasteiger partial charge in [0.05, 0.1) is 6.04 Å². The summed E-state index contributed by atoms with van der Waals surface area (Å²) in [7, 11) is 0. The van der Waals surface area contributed by atoms with Crippen molar-refractivity contribution in [2.75, 3.05) is 0 Å². The van der Waals surface area contributed by atoms with E-state index < -0.39 is 11.9 Å². The highest BCUT2D eigenvalue weighted by molar-refractivity contribution is 5.78. The van der Waals surface area contributed by atoms with E-state index in [2.05, 4.69) is 0 Å². The molecule has 0 spiro atoms. The lowest BCUT2D eigenvalue weighted by molar-refractivity contribution is -0.135. The minimum absolute atomic E-state index is 0.0401. The van der Waals surface area contributed by atoms with Gasteiger partial charge >= 0.3 is 0 Å². The van der Waals surface area contributed by atoms with Crippen molar-refractivity contribution < 1.29 is 19.2 Å². The maximum absolute atomic E-state index is 10.4. The average Bonchev–Trinajstić information content (AvgIpc) is 2.11. The summed E-state index contributed by atoms with van der Waals surface area (Å²) >= 11 is 0. The van der Waals surface area contributed by atoms with E-state index in [1.54, 1.807) is 0 Å². The number of carbonyl (C=O) groups excluding carboxylic acids is 4. The first-order chi connectivity index (χ1) is 6.15. The number of primary amides is 1. The maximum Gasteiger partial charge on any atom is 0.217 e. The highest BCUT2D eigenvalue weighted by Crippen LogP contribution is 2.00. The molecule has 1 atom stereocenters. The first-order valence-electron chi connectivity index (χ1n) is 3.57. The first-order valence-corrected chi connectivity index (χ1v) is 3.57. The Morgan fingerprint density at radius 3 is 2.15 bits per heavy atom. The second kappa shape index (κ2) is 5.87. The van der Waals surface area contributed by atoms with E-state index in [4.69, 9.17) is 5.73 Å². The van der Waals surface area contributed by atoms with Gasteiger partial charge in [0.25, 0.3) is 0 Å². The lowest BCUT2D eigenvalue weighted by atomic mass is 10.1. The van der Waals surface area contributed by atoms with Gasteiger partial charge in [-0.1, -0.05) is 0 Å². The molecule has 72 valence electrons. The zero-order chi connectivity index (χ0) is 10.3. The standard InChI is InChI=1S/C7H10N2O4/c8-7(13)2-1-6(3-10)9(4-11)5-12/h3-6H,1-2H2,(H2,8,13). The third-order valence-corrected chi connectivity index (χ3v) is 1.47. The Bertz CT molecular complexity index is 209. The van der Waals surface area contributed by atoms with E-state index in [1.165, 1.54) is 0 Å². The average molecular weight is 186 g/mol. The fourth-order valence-corrected chi connectivity index (χ4v) is 0.759. The van der Waals surface area contributed by atoms with Crippen molar-refractivity contribution in [1.82, 2.24) is 4.90 Å². The van der Waals surface area contributed by atoms with Crippen LogP contribution in [0.2, 0.25) is 0 Å². The Morgan fingerprint density at radius 1 is 1.31 bits per heavy atom. The van der Waals surface area contributed by atoms with Crippen molar-refractivity contribution in [3.8, 4) is 0 Å². The van der Waals surface area contributed by atoms with Gasteiger partial charge in [-0.25, -0.2) is 0 Å². The second-order valence-corrected chi connectivity index (χ2v) is 2.37. The van der Waals surface area contributed by atoms with Crippen LogP contribution >= 0.6 is 0 Å². The fourth-order valence-electron chi connectivity index (χ4n) is 0.759. The van der Waals surface area contributed by atoms with Gasteiger partial charge in [-0.3, -0.25) is 19.3 Å². The molecule has 0 aromatic heterocycles. The monoisotopic (exact) mass is 186 g/mol. The number of amides is 3. The van der Waals surface area contributed by atoms with Gasteiger partial charge in [-0.15, -0.1) is 0 Å². The quantitative estimate of drug-likeness (QED) is 0.486. The summed E-state index contributed by atoms with van der Waals surface area (Å²) in [5, 5.41) is 0. The topological polar surface area (TPSA) is 97.5 Å². The summed E-state index contributed by atoms with van der Waals surface area (Å²) < 4.78 is 0. The number of hydrogen-bond acceptors (Lipinski definition) is 4. The van der Waals surface area contributed by atoms with Crippen molar-refractivity contribution >= 4 is 25.0 Å². The van der Waals surface area contributed by atoms with E-state index in [0.717, 1.165) is 0 Å². The third-order valence-electron chi connectivity index (χ3n) is 1.47. The predicted octanol–water partition coefficient (Wildman–Crippen LogP) is -1.57. The summed E-state index contributed by atoms with van der Waals surface area (Å²) in [5.74, 6) is -0.580. The highest BCUT2D eigenvalue weighted by Gasteiger charge is 2.15. The first kappa shape index (κ1) is 11.3. The largest absolute Gasteiger partial charge is 0.370 e. The Hall–Kier alpha value is -1.72. The summed E-state index contributed by atoms with van der Waals surface area (Å²) in [5.41, 5.74) is 4.83. The lowest BCUT2D eigenvalue weighted by Gasteiger charge is -2.15. The molecule has 6 nitrogen and oxygen atoms in total. The molecule has 0 aromatic rings.